The molecule has 1 aliphatic heterocycles. The molecule has 168 valence electrons. The van der Waals surface area contributed by atoms with Crippen LogP contribution in [0.5, 0.6) is 5.75 Å². The smallest absolute Gasteiger partial charge is 0.300 e. The topological polar surface area (TPSA) is 79.7 Å². The normalized spacial score (nSPS) is 17.5. The van der Waals surface area contributed by atoms with Crippen molar-refractivity contribution in [1.29, 1.82) is 0 Å². The minimum atomic E-state index is -0.907. The van der Waals surface area contributed by atoms with Gasteiger partial charge in [0.2, 0.25) is 0 Å². The van der Waals surface area contributed by atoms with Crippen LogP contribution in [0.2, 0.25) is 5.02 Å². The molecule has 2 heterocycles. The van der Waals surface area contributed by atoms with Crippen molar-refractivity contribution in [2.75, 3.05) is 11.5 Å². The fourth-order valence-corrected chi connectivity index (χ4v) is 4.18. The van der Waals surface area contributed by atoms with Gasteiger partial charge in [0.05, 0.1) is 17.9 Å². The van der Waals surface area contributed by atoms with Gasteiger partial charge in [0, 0.05) is 22.5 Å². The van der Waals surface area contributed by atoms with Gasteiger partial charge < -0.3 is 9.84 Å². The average molecular weight is 463 g/mol. The highest BCUT2D eigenvalue weighted by Gasteiger charge is 2.48. The molecule has 33 heavy (non-hydrogen) atoms. The molecular formula is C26H23ClN2O4. The zero-order valence-electron chi connectivity index (χ0n) is 18.5. The maximum Gasteiger partial charge on any atom is 0.300 e. The quantitative estimate of drug-likeness (QED) is 0.313. The number of ketones is 1. The molecule has 0 saturated carbocycles. The SMILES string of the molecule is CCOc1ccc(/C(O)=C2\C(=O)C(=O)N(c3cc(Cl)ccc3C)C2c2ccccn2)cc1C. The summed E-state index contributed by atoms with van der Waals surface area (Å²) in [6.07, 6.45) is 1.58. The number of ether oxygens (including phenoxy) is 1. The van der Waals surface area contributed by atoms with E-state index in [2.05, 4.69) is 4.98 Å². The van der Waals surface area contributed by atoms with Crippen LogP contribution in [0, 0.1) is 13.8 Å². The molecule has 1 amide bonds. The van der Waals surface area contributed by atoms with Crippen molar-refractivity contribution >= 4 is 34.7 Å². The van der Waals surface area contributed by atoms with Crippen LogP contribution in [0.4, 0.5) is 5.69 Å². The number of anilines is 1. The van der Waals surface area contributed by atoms with Crippen molar-refractivity contribution in [3.05, 3.63) is 93.8 Å². The molecule has 0 aliphatic carbocycles. The Morgan fingerprint density at radius 3 is 2.55 bits per heavy atom. The van der Waals surface area contributed by atoms with Gasteiger partial charge in [-0.1, -0.05) is 23.7 Å². The molecule has 1 aliphatic rings. The highest BCUT2D eigenvalue weighted by atomic mass is 35.5. The van der Waals surface area contributed by atoms with Crippen molar-refractivity contribution in [3.8, 4) is 5.75 Å². The minimum absolute atomic E-state index is 0.0263. The maximum absolute atomic E-state index is 13.2. The summed E-state index contributed by atoms with van der Waals surface area (Å²) in [4.78, 5) is 32.2. The van der Waals surface area contributed by atoms with E-state index in [1.807, 2.05) is 20.8 Å². The Kier molecular flexibility index (Phi) is 6.20. The van der Waals surface area contributed by atoms with Crippen molar-refractivity contribution < 1.29 is 19.4 Å². The molecule has 0 spiro atoms. The second kappa shape index (κ2) is 9.08. The van der Waals surface area contributed by atoms with Crippen LogP contribution in [0.15, 0.2) is 66.4 Å². The van der Waals surface area contributed by atoms with Gasteiger partial charge in [-0.3, -0.25) is 19.5 Å². The zero-order chi connectivity index (χ0) is 23.7. The third-order valence-electron chi connectivity index (χ3n) is 5.59. The van der Waals surface area contributed by atoms with Gasteiger partial charge in [-0.15, -0.1) is 0 Å². The summed E-state index contributed by atoms with van der Waals surface area (Å²) in [6, 6.07) is 14.6. The Labute approximate surface area is 197 Å². The number of aliphatic hydroxyl groups is 1. The number of hydrogen-bond acceptors (Lipinski definition) is 5. The summed E-state index contributed by atoms with van der Waals surface area (Å²) >= 11 is 6.21. The van der Waals surface area contributed by atoms with E-state index < -0.39 is 17.7 Å². The molecular weight excluding hydrogens is 440 g/mol. The molecule has 1 unspecified atom stereocenters. The van der Waals surface area contributed by atoms with Gasteiger partial charge in [-0.25, -0.2) is 0 Å². The van der Waals surface area contributed by atoms with Crippen LogP contribution in [0.1, 0.15) is 35.3 Å². The van der Waals surface area contributed by atoms with Crippen molar-refractivity contribution in [3.63, 3.8) is 0 Å². The average Bonchev–Trinajstić information content (AvgIpc) is 3.07. The fourth-order valence-electron chi connectivity index (χ4n) is 4.01. The number of rotatable bonds is 5. The van der Waals surface area contributed by atoms with Gasteiger partial charge in [0.15, 0.2) is 0 Å². The number of pyridine rings is 1. The third-order valence-corrected chi connectivity index (χ3v) is 5.83. The van der Waals surface area contributed by atoms with E-state index in [9.17, 15) is 14.7 Å². The van der Waals surface area contributed by atoms with E-state index in [1.54, 1.807) is 60.8 Å². The van der Waals surface area contributed by atoms with Crippen LogP contribution < -0.4 is 9.64 Å². The predicted molar refractivity (Wildman–Crippen MR) is 128 cm³/mol. The first-order valence-corrected chi connectivity index (χ1v) is 10.9. The second-order valence-electron chi connectivity index (χ2n) is 7.77. The number of benzene rings is 2. The van der Waals surface area contributed by atoms with E-state index in [1.165, 1.54) is 4.90 Å². The summed E-state index contributed by atoms with van der Waals surface area (Å²) in [5.74, 6) is -1.11. The summed E-state index contributed by atoms with van der Waals surface area (Å²) in [5.41, 5.74) is 2.90. The van der Waals surface area contributed by atoms with E-state index in [0.717, 1.165) is 11.1 Å². The fraction of sp³-hybridized carbons (Fsp3) is 0.192. The number of Topliss-reactive ketones (excluding diaryl/α,β-unsaturated/α-hetero) is 1. The number of amides is 1. The predicted octanol–water partition coefficient (Wildman–Crippen LogP) is 5.38. The molecule has 7 heteroatoms. The molecule has 3 aromatic rings. The highest BCUT2D eigenvalue weighted by molar-refractivity contribution is 6.52. The van der Waals surface area contributed by atoms with Crippen LogP contribution >= 0.6 is 11.6 Å². The number of nitrogens with zero attached hydrogens (tertiary/aromatic N) is 2. The standard InChI is InChI=1S/C26H23ClN2O4/c1-4-33-21-11-9-17(13-16(21)3)24(30)22-23(19-7-5-6-12-28-19)29(26(32)25(22)31)20-14-18(27)10-8-15(20)2/h5-14,23,30H,4H2,1-3H3/b24-22+. The Hall–Kier alpha value is -3.64. The molecule has 0 bridgehead atoms. The third kappa shape index (κ3) is 4.10. The van der Waals surface area contributed by atoms with E-state index in [0.29, 0.717) is 34.3 Å². The Bertz CT molecular complexity index is 1270. The van der Waals surface area contributed by atoms with Gasteiger partial charge in [0.1, 0.15) is 17.6 Å². The number of carbonyl (C=O) groups is 2. The lowest BCUT2D eigenvalue weighted by Gasteiger charge is -2.26. The Morgan fingerprint density at radius 2 is 1.88 bits per heavy atom. The van der Waals surface area contributed by atoms with Crippen LogP contribution in [0.3, 0.4) is 0 Å². The van der Waals surface area contributed by atoms with Gasteiger partial charge in [0.25, 0.3) is 11.7 Å². The number of aliphatic hydroxyl groups excluding tert-OH is 1. The highest BCUT2D eigenvalue weighted by Crippen LogP contribution is 2.43. The van der Waals surface area contributed by atoms with Gasteiger partial charge >= 0.3 is 0 Å². The molecule has 4 rings (SSSR count). The van der Waals surface area contributed by atoms with Crippen molar-refractivity contribution in [2.24, 2.45) is 0 Å². The molecule has 2 aromatic carbocycles. The number of aryl methyl sites for hydroxylation is 2. The Balaban J connectivity index is 1.93. The van der Waals surface area contributed by atoms with Crippen LogP contribution in [-0.4, -0.2) is 28.4 Å². The first kappa shape index (κ1) is 22.6. The number of halogens is 1. The van der Waals surface area contributed by atoms with Gasteiger partial charge in [-0.05, 0) is 74.4 Å². The summed E-state index contributed by atoms with van der Waals surface area (Å²) in [5, 5.41) is 11.7. The first-order valence-electron chi connectivity index (χ1n) is 10.6. The summed E-state index contributed by atoms with van der Waals surface area (Å²) in [7, 11) is 0. The molecule has 1 N–H and O–H groups in total. The Morgan fingerprint density at radius 1 is 1.09 bits per heavy atom. The lowest BCUT2D eigenvalue weighted by molar-refractivity contribution is -0.132. The summed E-state index contributed by atoms with van der Waals surface area (Å²) in [6.45, 7) is 6.08. The van der Waals surface area contributed by atoms with Crippen molar-refractivity contribution in [1.82, 2.24) is 4.98 Å². The molecule has 1 saturated heterocycles. The minimum Gasteiger partial charge on any atom is -0.507 e. The lowest BCUT2D eigenvalue weighted by atomic mass is 9.97. The zero-order valence-corrected chi connectivity index (χ0v) is 19.3. The molecule has 1 fully saturated rings. The largest absolute Gasteiger partial charge is 0.507 e. The van der Waals surface area contributed by atoms with Crippen LogP contribution in [0.25, 0.3) is 5.76 Å². The summed E-state index contributed by atoms with van der Waals surface area (Å²) < 4.78 is 5.58. The van der Waals surface area contributed by atoms with E-state index in [4.69, 9.17) is 16.3 Å². The molecule has 1 aromatic heterocycles. The lowest BCUT2D eigenvalue weighted by Crippen LogP contribution is -2.30. The number of aromatic nitrogens is 1. The van der Waals surface area contributed by atoms with Crippen molar-refractivity contribution in [2.45, 2.75) is 26.8 Å². The molecule has 6 nitrogen and oxygen atoms in total. The molecule has 1 atom stereocenters. The second-order valence-corrected chi connectivity index (χ2v) is 8.20. The number of hydrogen-bond donors (Lipinski definition) is 1. The van der Waals surface area contributed by atoms with E-state index >= 15 is 0 Å². The monoisotopic (exact) mass is 462 g/mol. The van der Waals surface area contributed by atoms with Gasteiger partial charge in [-0.2, -0.15) is 0 Å². The molecule has 0 radical (unpaired) electrons. The van der Waals surface area contributed by atoms with E-state index in [-0.39, 0.29) is 11.3 Å². The number of carbonyl (C=O) groups excluding carboxylic acids is 2. The maximum atomic E-state index is 13.2. The van der Waals surface area contributed by atoms with Crippen LogP contribution in [-0.2, 0) is 9.59 Å². The first-order chi connectivity index (χ1) is 15.8.